The molecule has 168 valence electrons. The summed E-state index contributed by atoms with van der Waals surface area (Å²) in [5.41, 5.74) is 3.10. The van der Waals surface area contributed by atoms with Crippen molar-refractivity contribution in [2.45, 2.75) is 39.3 Å². The smallest absolute Gasteiger partial charge is 0.319 e. The van der Waals surface area contributed by atoms with Gasteiger partial charge in [-0.1, -0.05) is 57.2 Å². The van der Waals surface area contributed by atoms with Crippen LogP contribution in [0.4, 0.5) is 10.5 Å². The number of nitrogens with zero attached hydrogens (tertiary/aromatic N) is 3. The second kappa shape index (κ2) is 9.24. The van der Waals surface area contributed by atoms with Crippen LogP contribution in [-0.2, 0) is 18.5 Å². The molecule has 2 amide bonds. The van der Waals surface area contributed by atoms with Crippen molar-refractivity contribution < 1.29 is 4.79 Å². The average Bonchev–Trinajstić information content (AvgIpc) is 2.80. The predicted octanol–water partition coefficient (Wildman–Crippen LogP) is 4.46. The first-order valence-corrected chi connectivity index (χ1v) is 10.9. The van der Waals surface area contributed by atoms with E-state index >= 15 is 0 Å². The summed E-state index contributed by atoms with van der Waals surface area (Å²) in [4.78, 5) is 29.7. The van der Waals surface area contributed by atoms with Crippen LogP contribution in [0.15, 0.2) is 77.7 Å². The molecule has 2 N–H and O–H groups in total. The van der Waals surface area contributed by atoms with Gasteiger partial charge in [0.2, 0.25) is 0 Å². The molecule has 2 aromatic carbocycles. The van der Waals surface area contributed by atoms with E-state index in [4.69, 9.17) is 0 Å². The third-order valence-electron chi connectivity index (χ3n) is 5.41. The van der Waals surface area contributed by atoms with Crippen LogP contribution in [0, 0.1) is 0 Å². The van der Waals surface area contributed by atoms with Crippen LogP contribution in [0.3, 0.4) is 0 Å². The fourth-order valence-corrected chi connectivity index (χ4v) is 3.58. The number of carbonyl (C=O) groups is 1. The number of nitrogens with one attached hydrogen (secondary N) is 2. The molecule has 0 aliphatic heterocycles. The summed E-state index contributed by atoms with van der Waals surface area (Å²) < 4.78 is 1.39. The number of fused-ring (bicyclic) bond motifs is 1. The lowest BCUT2D eigenvalue weighted by molar-refractivity contribution is 0.251. The highest BCUT2D eigenvalue weighted by Crippen LogP contribution is 2.23. The van der Waals surface area contributed by atoms with E-state index < -0.39 is 0 Å². The zero-order valence-corrected chi connectivity index (χ0v) is 19.0. The van der Waals surface area contributed by atoms with Crippen molar-refractivity contribution in [1.82, 2.24) is 20.1 Å². The first-order valence-electron chi connectivity index (χ1n) is 10.9. The van der Waals surface area contributed by atoms with Crippen LogP contribution in [0.1, 0.15) is 37.7 Å². The average molecular weight is 442 g/mol. The van der Waals surface area contributed by atoms with E-state index in [1.807, 2.05) is 60.7 Å². The Morgan fingerprint density at radius 1 is 0.939 bits per heavy atom. The largest absolute Gasteiger partial charge is 0.332 e. The van der Waals surface area contributed by atoms with E-state index in [1.54, 1.807) is 12.3 Å². The van der Waals surface area contributed by atoms with E-state index in [9.17, 15) is 9.59 Å². The lowest BCUT2D eigenvalue weighted by Gasteiger charge is -2.19. The van der Waals surface area contributed by atoms with Crippen molar-refractivity contribution in [2.75, 3.05) is 5.32 Å². The van der Waals surface area contributed by atoms with E-state index in [2.05, 4.69) is 41.5 Å². The fourth-order valence-electron chi connectivity index (χ4n) is 3.58. The molecule has 7 heteroatoms. The number of amides is 2. The van der Waals surface area contributed by atoms with Gasteiger partial charge in [0.15, 0.2) is 0 Å². The van der Waals surface area contributed by atoms with Crippen LogP contribution < -0.4 is 16.2 Å². The molecule has 0 atom stereocenters. The summed E-state index contributed by atoms with van der Waals surface area (Å²) in [7, 11) is 0. The summed E-state index contributed by atoms with van der Waals surface area (Å²) in [5.74, 6) is 0. The third kappa shape index (κ3) is 5.26. The molecule has 4 aromatic rings. The van der Waals surface area contributed by atoms with E-state index in [0.717, 1.165) is 11.1 Å². The number of anilines is 1. The monoisotopic (exact) mass is 441 g/mol. The molecule has 0 saturated carbocycles. The second-order valence-electron chi connectivity index (χ2n) is 8.91. The molecule has 0 unspecified atom stereocenters. The third-order valence-corrected chi connectivity index (χ3v) is 5.41. The van der Waals surface area contributed by atoms with Crippen molar-refractivity contribution in [1.29, 1.82) is 0 Å². The highest BCUT2D eigenvalue weighted by Gasteiger charge is 2.14. The van der Waals surface area contributed by atoms with Gasteiger partial charge in [-0.25, -0.2) is 9.48 Å². The molecule has 7 nitrogen and oxygen atoms in total. The maximum atomic E-state index is 12.9. The highest BCUT2D eigenvalue weighted by atomic mass is 16.2. The SMILES string of the molecule is CC(C)(C)c1ccc(NC(=O)NCc2nn(Cc3ccccn3)c(=O)c3ccccc23)cc1. The van der Waals surface area contributed by atoms with Crippen molar-refractivity contribution in [3.63, 3.8) is 0 Å². The van der Waals surface area contributed by atoms with Gasteiger partial charge in [-0.2, -0.15) is 5.10 Å². The van der Waals surface area contributed by atoms with Gasteiger partial charge in [0.05, 0.1) is 29.9 Å². The first kappa shape index (κ1) is 22.2. The molecule has 2 aromatic heterocycles. The molecule has 2 heterocycles. The Labute approximate surface area is 192 Å². The van der Waals surface area contributed by atoms with Crippen LogP contribution in [0.25, 0.3) is 10.8 Å². The van der Waals surface area contributed by atoms with Crippen LogP contribution in [-0.4, -0.2) is 20.8 Å². The van der Waals surface area contributed by atoms with Crippen molar-refractivity contribution in [3.8, 4) is 0 Å². The number of pyridine rings is 1. The summed E-state index contributed by atoms with van der Waals surface area (Å²) in [6.45, 7) is 6.87. The number of benzene rings is 2. The number of carbonyl (C=O) groups excluding carboxylic acids is 1. The summed E-state index contributed by atoms with van der Waals surface area (Å²) in [6, 6.07) is 20.3. The fraction of sp³-hybridized carbons (Fsp3) is 0.231. The molecule has 0 fully saturated rings. The van der Waals surface area contributed by atoms with Gasteiger partial charge in [-0.3, -0.25) is 9.78 Å². The van der Waals surface area contributed by atoms with Gasteiger partial charge < -0.3 is 10.6 Å². The van der Waals surface area contributed by atoms with Crippen molar-refractivity contribution >= 4 is 22.5 Å². The maximum Gasteiger partial charge on any atom is 0.319 e. The van der Waals surface area contributed by atoms with Crippen LogP contribution in [0.2, 0.25) is 0 Å². The lowest BCUT2D eigenvalue weighted by Crippen LogP contribution is -2.31. The highest BCUT2D eigenvalue weighted by molar-refractivity contribution is 5.90. The summed E-state index contributed by atoms with van der Waals surface area (Å²) in [6.07, 6.45) is 1.68. The molecule has 0 aliphatic carbocycles. The van der Waals surface area contributed by atoms with Gasteiger partial charge >= 0.3 is 6.03 Å². The van der Waals surface area contributed by atoms with Crippen LogP contribution >= 0.6 is 0 Å². The number of aromatic nitrogens is 3. The molecule has 0 aliphatic rings. The topological polar surface area (TPSA) is 88.9 Å². The minimum atomic E-state index is -0.341. The number of urea groups is 1. The van der Waals surface area contributed by atoms with E-state index in [1.165, 1.54) is 10.2 Å². The molecule has 0 saturated heterocycles. The van der Waals surface area contributed by atoms with E-state index in [0.29, 0.717) is 16.8 Å². The van der Waals surface area contributed by atoms with Gasteiger partial charge in [0.1, 0.15) is 0 Å². The Bertz CT molecular complexity index is 1320. The second-order valence-corrected chi connectivity index (χ2v) is 8.91. The number of hydrogen-bond acceptors (Lipinski definition) is 4. The zero-order chi connectivity index (χ0) is 23.4. The zero-order valence-electron chi connectivity index (χ0n) is 19.0. The van der Waals surface area contributed by atoms with Gasteiger partial charge in [0.25, 0.3) is 5.56 Å². The Morgan fingerprint density at radius 3 is 2.30 bits per heavy atom. The Hall–Kier alpha value is -4.00. The molecule has 0 bridgehead atoms. The van der Waals surface area contributed by atoms with Gasteiger partial charge in [0, 0.05) is 17.3 Å². The number of rotatable bonds is 5. The quantitative estimate of drug-likeness (QED) is 0.479. The number of hydrogen-bond donors (Lipinski definition) is 2. The van der Waals surface area contributed by atoms with Crippen LogP contribution in [0.5, 0.6) is 0 Å². The Morgan fingerprint density at radius 2 is 1.64 bits per heavy atom. The standard InChI is InChI=1S/C26H27N5O2/c1-26(2,3)18-11-13-19(14-12-18)29-25(33)28-16-23-21-9-4-5-10-22(21)24(32)31(30-23)17-20-8-6-7-15-27-20/h4-15H,16-17H2,1-3H3,(H2,28,29,33). The predicted molar refractivity (Wildman–Crippen MR) is 130 cm³/mol. The lowest BCUT2D eigenvalue weighted by atomic mass is 9.87. The minimum absolute atomic E-state index is 0.0475. The normalized spacial score (nSPS) is 11.4. The molecular formula is C26H27N5O2. The van der Waals surface area contributed by atoms with Crippen molar-refractivity contribution in [2.24, 2.45) is 0 Å². The summed E-state index contributed by atoms with van der Waals surface area (Å²) >= 11 is 0. The molecule has 4 rings (SSSR count). The minimum Gasteiger partial charge on any atom is -0.332 e. The maximum absolute atomic E-state index is 12.9. The molecular weight excluding hydrogens is 414 g/mol. The first-order chi connectivity index (χ1) is 15.8. The van der Waals surface area contributed by atoms with E-state index in [-0.39, 0.29) is 30.1 Å². The molecule has 0 radical (unpaired) electrons. The Balaban J connectivity index is 1.52. The molecule has 33 heavy (non-hydrogen) atoms. The van der Waals surface area contributed by atoms with Crippen molar-refractivity contribution in [3.05, 3.63) is 100 Å². The molecule has 0 spiro atoms. The summed E-state index contributed by atoms with van der Waals surface area (Å²) in [5, 5.41) is 11.5. The van der Waals surface area contributed by atoms with Gasteiger partial charge in [-0.05, 0) is 41.3 Å². The van der Waals surface area contributed by atoms with Gasteiger partial charge in [-0.15, -0.1) is 0 Å². The Kier molecular flexibility index (Phi) is 6.22.